The minimum absolute atomic E-state index is 0. The SMILES string of the molecule is CCNc1ccc(S(=O)(=O)N(C)C)cc1NC(=O)CNCCOC.Cl. The van der Waals surface area contributed by atoms with Crippen molar-refractivity contribution in [3.63, 3.8) is 0 Å². The van der Waals surface area contributed by atoms with Crippen LogP contribution < -0.4 is 16.0 Å². The average Bonchev–Trinajstić information content (AvgIpc) is 2.53. The number of carbonyl (C=O) groups excluding carboxylic acids is 1. The fourth-order valence-electron chi connectivity index (χ4n) is 1.91. The summed E-state index contributed by atoms with van der Waals surface area (Å²) in [6.07, 6.45) is 0. The third-order valence-electron chi connectivity index (χ3n) is 3.18. The molecule has 0 aromatic heterocycles. The number of nitrogens with one attached hydrogen (secondary N) is 3. The first-order chi connectivity index (χ1) is 11.3. The van der Waals surface area contributed by atoms with Crippen LogP contribution in [0.2, 0.25) is 0 Å². The van der Waals surface area contributed by atoms with Crippen molar-refractivity contribution in [2.45, 2.75) is 11.8 Å². The van der Waals surface area contributed by atoms with E-state index in [4.69, 9.17) is 4.74 Å². The number of methoxy groups -OCH3 is 1. The summed E-state index contributed by atoms with van der Waals surface area (Å²) in [5.41, 5.74) is 1.10. The second kappa shape index (κ2) is 11.3. The summed E-state index contributed by atoms with van der Waals surface area (Å²) in [6, 6.07) is 4.62. The molecule has 0 bridgehead atoms. The zero-order chi connectivity index (χ0) is 18.2. The summed E-state index contributed by atoms with van der Waals surface area (Å²) in [7, 11) is 0.943. The molecule has 0 fully saturated rings. The number of halogens is 1. The van der Waals surface area contributed by atoms with Gasteiger partial charge in [-0.15, -0.1) is 12.4 Å². The summed E-state index contributed by atoms with van der Waals surface area (Å²) in [5.74, 6) is -0.260. The van der Waals surface area contributed by atoms with E-state index in [1.54, 1.807) is 13.2 Å². The van der Waals surface area contributed by atoms with Crippen LogP contribution in [0.25, 0.3) is 0 Å². The molecule has 1 aromatic carbocycles. The van der Waals surface area contributed by atoms with E-state index in [-0.39, 0.29) is 29.8 Å². The normalized spacial score (nSPS) is 11.1. The average molecular weight is 395 g/mol. The van der Waals surface area contributed by atoms with Crippen LogP contribution in [0.1, 0.15) is 6.92 Å². The number of hydrogen-bond acceptors (Lipinski definition) is 6. The molecule has 1 rings (SSSR count). The Hall–Kier alpha value is -1.39. The van der Waals surface area contributed by atoms with Gasteiger partial charge in [0.2, 0.25) is 15.9 Å². The Morgan fingerprint density at radius 2 is 1.92 bits per heavy atom. The molecular formula is C15H27ClN4O4S. The number of ether oxygens (including phenoxy) is 1. The lowest BCUT2D eigenvalue weighted by Gasteiger charge is -2.16. The van der Waals surface area contributed by atoms with Crippen LogP contribution in [0, 0.1) is 0 Å². The molecule has 0 saturated heterocycles. The van der Waals surface area contributed by atoms with E-state index in [9.17, 15) is 13.2 Å². The van der Waals surface area contributed by atoms with Crippen molar-refractivity contribution in [2.24, 2.45) is 0 Å². The lowest BCUT2D eigenvalue weighted by Crippen LogP contribution is -2.30. The Bertz CT molecular complexity index is 653. The molecule has 0 aliphatic rings. The number of amides is 1. The molecule has 0 aliphatic heterocycles. The van der Waals surface area contributed by atoms with Crippen LogP contribution in [0.5, 0.6) is 0 Å². The highest BCUT2D eigenvalue weighted by Gasteiger charge is 2.19. The molecule has 0 aliphatic carbocycles. The number of nitrogens with zero attached hydrogens (tertiary/aromatic N) is 1. The highest BCUT2D eigenvalue weighted by Crippen LogP contribution is 2.26. The van der Waals surface area contributed by atoms with Crippen LogP contribution >= 0.6 is 12.4 Å². The van der Waals surface area contributed by atoms with Gasteiger partial charge in [-0.05, 0) is 25.1 Å². The van der Waals surface area contributed by atoms with Gasteiger partial charge in [0, 0.05) is 34.3 Å². The molecule has 0 unspecified atom stereocenters. The van der Waals surface area contributed by atoms with Crippen molar-refractivity contribution in [3.8, 4) is 0 Å². The van der Waals surface area contributed by atoms with E-state index in [2.05, 4.69) is 16.0 Å². The number of anilines is 2. The first kappa shape index (κ1) is 23.6. The van der Waals surface area contributed by atoms with Crippen LogP contribution in [-0.4, -0.2) is 66.1 Å². The first-order valence-electron chi connectivity index (χ1n) is 7.62. The summed E-state index contributed by atoms with van der Waals surface area (Å²) in [5, 5.41) is 8.78. The zero-order valence-electron chi connectivity index (χ0n) is 15.0. The van der Waals surface area contributed by atoms with Gasteiger partial charge in [-0.1, -0.05) is 0 Å². The molecule has 10 heteroatoms. The van der Waals surface area contributed by atoms with Crippen molar-refractivity contribution < 1.29 is 17.9 Å². The van der Waals surface area contributed by atoms with E-state index in [0.29, 0.717) is 31.1 Å². The van der Waals surface area contributed by atoms with Crippen LogP contribution in [0.15, 0.2) is 23.1 Å². The monoisotopic (exact) mass is 394 g/mol. The van der Waals surface area contributed by atoms with Crippen LogP contribution in [0.3, 0.4) is 0 Å². The predicted octanol–water partition coefficient (Wildman–Crippen LogP) is 0.965. The molecule has 25 heavy (non-hydrogen) atoms. The third kappa shape index (κ3) is 7.17. The van der Waals surface area contributed by atoms with Crippen LogP contribution in [-0.2, 0) is 19.6 Å². The zero-order valence-corrected chi connectivity index (χ0v) is 16.6. The Morgan fingerprint density at radius 3 is 2.48 bits per heavy atom. The fraction of sp³-hybridized carbons (Fsp3) is 0.533. The smallest absolute Gasteiger partial charge is 0.242 e. The van der Waals surface area contributed by atoms with E-state index >= 15 is 0 Å². The topological polar surface area (TPSA) is 99.8 Å². The molecule has 3 N–H and O–H groups in total. The first-order valence-corrected chi connectivity index (χ1v) is 9.06. The van der Waals surface area contributed by atoms with Crippen molar-refractivity contribution in [2.75, 3.05) is 58.1 Å². The van der Waals surface area contributed by atoms with E-state index in [0.717, 1.165) is 4.31 Å². The lowest BCUT2D eigenvalue weighted by molar-refractivity contribution is -0.115. The largest absolute Gasteiger partial charge is 0.384 e. The molecule has 0 spiro atoms. The minimum atomic E-state index is -3.57. The summed E-state index contributed by atoms with van der Waals surface area (Å²) < 4.78 is 30.5. The maximum absolute atomic E-state index is 12.2. The van der Waals surface area contributed by atoms with Gasteiger partial charge in [-0.2, -0.15) is 0 Å². The van der Waals surface area contributed by atoms with Crippen molar-refractivity contribution >= 4 is 39.7 Å². The minimum Gasteiger partial charge on any atom is -0.384 e. The summed E-state index contributed by atoms with van der Waals surface area (Å²) >= 11 is 0. The lowest BCUT2D eigenvalue weighted by atomic mass is 10.2. The number of benzene rings is 1. The van der Waals surface area contributed by atoms with E-state index in [1.165, 1.54) is 26.2 Å². The van der Waals surface area contributed by atoms with Gasteiger partial charge in [0.1, 0.15) is 0 Å². The van der Waals surface area contributed by atoms with Gasteiger partial charge >= 0.3 is 0 Å². The molecule has 0 radical (unpaired) electrons. The Kier molecular flexibility index (Phi) is 10.6. The number of rotatable bonds is 10. The molecule has 0 atom stereocenters. The fourth-order valence-corrected chi connectivity index (χ4v) is 2.84. The molecular weight excluding hydrogens is 368 g/mol. The summed E-state index contributed by atoms with van der Waals surface area (Å²) in [6.45, 7) is 3.74. The highest BCUT2D eigenvalue weighted by molar-refractivity contribution is 7.89. The van der Waals surface area contributed by atoms with Gasteiger partial charge < -0.3 is 20.7 Å². The molecule has 8 nitrogen and oxygen atoms in total. The molecule has 0 saturated carbocycles. The Morgan fingerprint density at radius 1 is 1.24 bits per heavy atom. The van der Waals surface area contributed by atoms with Crippen molar-refractivity contribution in [1.82, 2.24) is 9.62 Å². The van der Waals surface area contributed by atoms with Gasteiger partial charge in [0.15, 0.2) is 0 Å². The molecule has 0 heterocycles. The molecule has 144 valence electrons. The number of carbonyl (C=O) groups is 1. The van der Waals surface area contributed by atoms with Gasteiger partial charge in [0.25, 0.3) is 0 Å². The summed E-state index contributed by atoms with van der Waals surface area (Å²) in [4.78, 5) is 12.1. The van der Waals surface area contributed by atoms with Gasteiger partial charge in [-0.3, -0.25) is 4.79 Å². The second-order valence-corrected chi connectivity index (χ2v) is 7.39. The quantitative estimate of drug-likeness (QED) is 0.511. The maximum Gasteiger partial charge on any atom is 0.242 e. The third-order valence-corrected chi connectivity index (χ3v) is 4.99. The Labute approximate surface area is 155 Å². The standard InChI is InChI=1S/C15H26N4O4S.ClH/c1-5-17-13-7-6-12(24(21,22)19(2)3)10-14(13)18-15(20)11-16-8-9-23-4;/h6-7,10,16-17H,5,8-9,11H2,1-4H3,(H,18,20);1H. The molecule has 1 amide bonds. The predicted molar refractivity (Wildman–Crippen MR) is 102 cm³/mol. The van der Waals surface area contributed by atoms with Crippen LogP contribution in [0.4, 0.5) is 11.4 Å². The van der Waals surface area contributed by atoms with Crippen molar-refractivity contribution in [3.05, 3.63) is 18.2 Å². The van der Waals surface area contributed by atoms with Crippen molar-refractivity contribution in [1.29, 1.82) is 0 Å². The second-order valence-electron chi connectivity index (χ2n) is 5.24. The van der Waals surface area contributed by atoms with Gasteiger partial charge in [-0.25, -0.2) is 12.7 Å². The van der Waals surface area contributed by atoms with Gasteiger partial charge in [0.05, 0.1) is 29.4 Å². The van der Waals surface area contributed by atoms with E-state index in [1.807, 2.05) is 6.92 Å². The Balaban J connectivity index is 0.00000576. The highest BCUT2D eigenvalue weighted by atomic mass is 35.5. The number of sulfonamides is 1. The molecule has 1 aromatic rings. The van der Waals surface area contributed by atoms with E-state index < -0.39 is 10.0 Å². The number of hydrogen-bond donors (Lipinski definition) is 3. The maximum atomic E-state index is 12.2.